The second-order valence-corrected chi connectivity index (χ2v) is 3.36. The third-order valence-electron chi connectivity index (χ3n) is 2.06. The average molecular weight is 204 g/mol. The Morgan fingerprint density at radius 2 is 2.20 bits per heavy atom. The minimum absolute atomic E-state index is 0.152. The molecule has 0 aliphatic heterocycles. The Morgan fingerprint density at radius 3 is 2.87 bits per heavy atom. The van der Waals surface area contributed by atoms with Crippen LogP contribution < -0.4 is 5.43 Å². The van der Waals surface area contributed by atoms with Crippen molar-refractivity contribution >= 4 is 12.1 Å². The number of hydrazone groups is 1. The molecular formula is C12H16N2O. The molecule has 0 radical (unpaired) electrons. The van der Waals surface area contributed by atoms with Gasteiger partial charge in [0.1, 0.15) is 0 Å². The number of aryl methyl sites for hydroxylation is 1. The molecule has 0 bridgehead atoms. The molecule has 3 heteroatoms. The molecule has 0 atom stereocenters. The van der Waals surface area contributed by atoms with E-state index in [1.807, 2.05) is 25.1 Å². The number of carbonyl (C=O) groups is 1. The van der Waals surface area contributed by atoms with Gasteiger partial charge in [-0.1, -0.05) is 31.5 Å². The molecule has 0 heterocycles. The molecule has 1 aromatic carbocycles. The summed E-state index contributed by atoms with van der Waals surface area (Å²) in [6, 6.07) is 7.45. The fourth-order valence-electron chi connectivity index (χ4n) is 1.19. The SMILES string of the molecule is CCCC=NNC(=O)c1ccccc1C. The van der Waals surface area contributed by atoms with E-state index in [4.69, 9.17) is 0 Å². The fourth-order valence-corrected chi connectivity index (χ4v) is 1.19. The third kappa shape index (κ3) is 3.54. The molecule has 1 aromatic rings. The number of carbonyl (C=O) groups excluding carboxylic acids is 1. The van der Waals surface area contributed by atoms with Crippen LogP contribution in [0.1, 0.15) is 35.7 Å². The summed E-state index contributed by atoms with van der Waals surface area (Å²) < 4.78 is 0. The number of hydrogen-bond acceptors (Lipinski definition) is 2. The quantitative estimate of drug-likeness (QED) is 0.594. The van der Waals surface area contributed by atoms with Gasteiger partial charge in [-0.3, -0.25) is 4.79 Å². The van der Waals surface area contributed by atoms with Gasteiger partial charge in [-0.25, -0.2) is 5.43 Å². The first-order valence-electron chi connectivity index (χ1n) is 5.13. The van der Waals surface area contributed by atoms with Gasteiger partial charge in [0.05, 0.1) is 0 Å². The molecule has 1 amide bonds. The number of amides is 1. The topological polar surface area (TPSA) is 41.5 Å². The van der Waals surface area contributed by atoms with Gasteiger partial charge in [-0.2, -0.15) is 5.10 Å². The Morgan fingerprint density at radius 1 is 1.47 bits per heavy atom. The van der Waals surface area contributed by atoms with E-state index in [0.717, 1.165) is 18.4 Å². The monoisotopic (exact) mass is 204 g/mol. The van der Waals surface area contributed by atoms with Gasteiger partial charge in [-0.05, 0) is 25.0 Å². The first-order valence-corrected chi connectivity index (χ1v) is 5.13. The van der Waals surface area contributed by atoms with Crippen LogP contribution in [0.5, 0.6) is 0 Å². The molecule has 15 heavy (non-hydrogen) atoms. The van der Waals surface area contributed by atoms with E-state index < -0.39 is 0 Å². The summed E-state index contributed by atoms with van der Waals surface area (Å²) in [5.41, 5.74) is 4.14. The predicted octanol–water partition coefficient (Wildman–Crippen LogP) is 2.51. The van der Waals surface area contributed by atoms with E-state index in [9.17, 15) is 4.79 Å². The van der Waals surface area contributed by atoms with E-state index in [-0.39, 0.29) is 5.91 Å². The molecule has 0 saturated heterocycles. The Balaban J connectivity index is 2.58. The lowest BCUT2D eigenvalue weighted by atomic mass is 10.1. The van der Waals surface area contributed by atoms with E-state index in [0.29, 0.717) is 5.56 Å². The Labute approximate surface area is 90.2 Å². The Hall–Kier alpha value is -1.64. The van der Waals surface area contributed by atoms with Crippen molar-refractivity contribution in [3.05, 3.63) is 35.4 Å². The molecule has 80 valence electrons. The van der Waals surface area contributed by atoms with E-state index in [1.165, 1.54) is 0 Å². The van der Waals surface area contributed by atoms with Gasteiger partial charge in [-0.15, -0.1) is 0 Å². The molecule has 1 N–H and O–H groups in total. The number of rotatable bonds is 4. The van der Waals surface area contributed by atoms with Crippen molar-refractivity contribution in [3.63, 3.8) is 0 Å². The van der Waals surface area contributed by atoms with Gasteiger partial charge in [0.15, 0.2) is 0 Å². The van der Waals surface area contributed by atoms with Gasteiger partial charge in [0.2, 0.25) is 0 Å². The number of hydrogen-bond donors (Lipinski definition) is 1. The summed E-state index contributed by atoms with van der Waals surface area (Å²) in [7, 11) is 0. The minimum atomic E-state index is -0.152. The van der Waals surface area contributed by atoms with Crippen molar-refractivity contribution in [1.29, 1.82) is 0 Å². The van der Waals surface area contributed by atoms with Crippen LogP contribution in [0.3, 0.4) is 0 Å². The number of unbranched alkanes of at least 4 members (excludes halogenated alkanes) is 1. The molecule has 0 spiro atoms. The molecule has 0 saturated carbocycles. The highest BCUT2D eigenvalue weighted by Crippen LogP contribution is 2.06. The van der Waals surface area contributed by atoms with Crippen LogP contribution in [-0.2, 0) is 0 Å². The Bertz CT molecular complexity index is 358. The van der Waals surface area contributed by atoms with Crippen LogP contribution in [0.4, 0.5) is 0 Å². The van der Waals surface area contributed by atoms with Crippen LogP contribution in [0, 0.1) is 6.92 Å². The van der Waals surface area contributed by atoms with Gasteiger partial charge in [0.25, 0.3) is 5.91 Å². The van der Waals surface area contributed by atoms with Crippen molar-refractivity contribution < 1.29 is 4.79 Å². The normalized spacial score (nSPS) is 10.5. The second-order valence-electron chi connectivity index (χ2n) is 3.36. The zero-order chi connectivity index (χ0) is 11.1. The lowest BCUT2D eigenvalue weighted by Crippen LogP contribution is -2.18. The molecule has 0 fully saturated rings. The third-order valence-corrected chi connectivity index (χ3v) is 2.06. The summed E-state index contributed by atoms with van der Waals surface area (Å²) in [4.78, 5) is 11.6. The maximum absolute atomic E-state index is 11.6. The Kier molecular flexibility index (Phi) is 4.54. The lowest BCUT2D eigenvalue weighted by Gasteiger charge is -2.02. The van der Waals surface area contributed by atoms with Gasteiger partial charge < -0.3 is 0 Å². The average Bonchev–Trinajstić information content (AvgIpc) is 2.25. The van der Waals surface area contributed by atoms with E-state index >= 15 is 0 Å². The lowest BCUT2D eigenvalue weighted by molar-refractivity contribution is 0.0954. The molecule has 0 aromatic heterocycles. The van der Waals surface area contributed by atoms with Crippen molar-refractivity contribution in [2.75, 3.05) is 0 Å². The second kappa shape index (κ2) is 5.96. The van der Waals surface area contributed by atoms with Crippen LogP contribution in [0.25, 0.3) is 0 Å². The molecular weight excluding hydrogens is 188 g/mol. The minimum Gasteiger partial charge on any atom is -0.267 e. The van der Waals surface area contributed by atoms with E-state index in [1.54, 1.807) is 12.3 Å². The highest BCUT2D eigenvalue weighted by Gasteiger charge is 2.05. The summed E-state index contributed by atoms with van der Waals surface area (Å²) in [5.74, 6) is -0.152. The molecule has 0 aliphatic rings. The standard InChI is InChI=1S/C12H16N2O/c1-3-4-9-13-14-12(15)11-8-6-5-7-10(11)2/h5-9H,3-4H2,1-2H3,(H,14,15). The summed E-state index contributed by atoms with van der Waals surface area (Å²) in [6.45, 7) is 3.97. The van der Waals surface area contributed by atoms with Crippen molar-refractivity contribution in [1.82, 2.24) is 5.43 Å². The van der Waals surface area contributed by atoms with Crippen LogP contribution in [-0.4, -0.2) is 12.1 Å². The van der Waals surface area contributed by atoms with Crippen LogP contribution >= 0.6 is 0 Å². The predicted molar refractivity (Wildman–Crippen MR) is 62.0 cm³/mol. The van der Waals surface area contributed by atoms with Crippen LogP contribution in [0.15, 0.2) is 29.4 Å². The number of benzene rings is 1. The first-order chi connectivity index (χ1) is 7.25. The molecule has 0 aliphatic carbocycles. The number of nitrogens with zero attached hydrogens (tertiary/aromatic N) is 1. The van der Waals surface area contributed by atoms with Gasteiger partial charge >= 0.3 is 0 Å². The summed E-state index contributed by atoms with van der Waals surface area (Å²) in [5, 5.41) is 3.85. The smallest absolute Gasteiger partial charge is 0.267 e. The van der Waals surface area contributed by atoms with Crippen LogP contribution in [0.2, 0.25) is 0 Å². The van der Waals surface area contributed by atoms with Gasteiger partial charge in [0, 0.05) is 11.8 Å². The zero-order valence-electron chi connectivity index (χ0n) is 9.16. The molecule has 1 rings (SSSR count). The summed E-state index contributed by atoms with van der Waals surface area (Å²) >= 11 is 0. The fraction of sp³-hybridized carbons (Fsp3) is 0.333. The van der Waals surface area contributed by atoms with E-state index in [2.05, 4.69) is 17.5 Å². The zero-order valence-corrected chi connectivity index (χ0v) is 9.16. The summed E-state index contributed by atoms with van der Waals surface area (Å²) in [6.07, 6.45) is 3.63. The highest BCUT2D eigenvalue weighted by atomic mass is 16.2. The number of nitrogens with one attached hydrogen (secondary N) is 1. The first kappa shape index (κ1) is 11.4. The highest BCUT2D eigenvalue weighted by molar-refractivity contribution is 5.95. The maximum atomic E-state index is 11.6. The maximum Gasteiger partial charge on any atom is 0.271 e. The van der Waals surface area contributed by atoms with Crippen molar-refractivity contribution in [2.45, 2.75) is 26.7 Å². The van der Waals surface area contributed by atoms with Crippen molar-refractivity contribution in [2.24, 2.45) is 5.10 Å². The van der Waals surface area contributed by atoms with Crippen molar-refractivity contribution in [3.8, 4) is 0 Å². The molecule has 0 unspecified atom stereocenters. The molecule has 3 nitrogen and oxygen atoms in total. The largest absolute Gasteiger partial charge is 0.271 e.